The van der Waals surface area contributed by atoms with Crippen molar-refractivity contribution >= 4 is 11.8 Å². The Balaban J connectivity index is 1.99. The van der Waals surface area contributed by atoms with Crippen molar-refractivity contribution in [3.05, 3.63) is 0 Å². The summed E-state index contributed by atoms with van der Waals surface area (Å²) in [4.78, 5) is 26.8. The molecule has 0 aromatic carbocycles. The topological polar surface area (TPSA) is 66.6 Å². The van der Waals surface area contributed by atoms with Gasteiger partial charge in [0.1, 0.15) is 0 Å². The van der Waals surface area contributed by atoms with E-state index in [0.717, 1.165) is 6.42 Å². The van der Waals surface area contributed by atoms with Gasteiger partial charge in [-0.15, -0.1) is 0 Å². The van der Waals surface area contributed by atoms with Gasteiger partial charge in [0.25, 0.3) is 0 Å². The van der Waals surface area contributed by atoms with Gasteiger partial charge in [-0.05, 0) is 13.3 Å². The Morgan fingerprint density at radius 2 is 2.27 bits per heavy atom. The second-order valence-corrected chi connectivity index (χ2v) is 4.35. The van der Waals surface area contributed by atoms with Crippen LogP contribution >= 0.6 is 0 Å². The van der Waals surface area contributed by atoms with Crippen molar-refractivity contribution in [1.82, 2.24) is 9.80 Å². The van der Waals surface area contributed by atoms with Crippen LogP contribution in [-0.2, 0) is 9.59 Å². The Bertz CT molecular complexity index is 290. The third-order valence-electron chi connectivity index (χ3n) is 3.20. The summed E-state index contributed by atoms with van der Waals surface area (Å²) in [6.45, 7) is 3.66. The monoisotopic (exact) mass is 211 g/mol. The standard InChI is InChI=1S/C10H17N3O2/c1-7(11)10(15)12-4-5-13-8(6-12)2-3-9(13)14/h7-8H,2-6,11H2,1H3. The van der Waals surface area contributed by atoms with Crippen LogP contribution in [0.2, 0.25) is 0 Å². The fourth-order valence-corrected chi connectivity index (χ4v) is 2.35. The average Bonchev–Trinajstić information content (AvgIpc) is 2.59. The SMILES string of the molecule is CC(N)C(=O)N1CCN2C(=O)CCC2C1. The first-order valence-electron chi connectivity index (χ1n) is 5.43. The van der Waals surface area contributed by atoms with Gasteiger partial charge < -0.3 is 15.5 Å². The van der Waals surface area contributed by atoms with Crippen LogP contribution in [0.3, 0.4) is 0 Å². The van der Waals surface area contributed by atoms with Crippen LogP contribution in [0.4, 0.5) is 0 Å². The van der Waals surface area contributed by atoms with Crippen LogP contribution in [0, 0.1) is 0 Å². The van der Waals surface area contributed by atoms with E-state index in [4.69, 9.17) is 5.73 Å². The average molecular weight is 211 g/mol. The molecular formula is C10H17N3O2. The lowest BCUT2D eigenvalue weighted by atomic mass is 10.1. The number of carbonyl (C=O) groups is 2. The summed E-state index contributed by atoms with van der Waals surface area (Å²) >= 11 is 0. The molecule has 5 heteroatoms. The first kappa shape index (κ1) is 10.4. The summed E-state index contributed by atoms with van der Waals surface area (Å²) in [5.41, 5.74) is 5.56. The largest absolute Gasteiger partial charge is 0.338 e. The van der Waals surface area contributed by atoms with E-state index >= 15 is 0 Å². The van der Waals surface area contributed by atoms with Crippen LogP contribution in [-0.4, -0.2) is 53.3 Å². The molecule has 15 heavy (non-hydrogen) atoms. The molecule has 84 valence electrons. The van der Waals surface area contributed by atoms with E-state index in [1.54, 1.807) is 11.8 Å². The molecule has 0 aromatic rings. The van der Waals surface area contributed by atoms with Gasteiger partial charge in [-0.1, -0.05) is 0 Å². The maximum absolute atomic E-state index is 11.7. The molecule has 0 aliphatic carbocycles. The molecule has 0 spiro atoms. The molecular weight excluding hydrogens is 194 g/mol. The lowest BCUT2D eigenvalue weighted by Crippen LogP contribution is -2.55. The molecule has 2 aliphatic heterocycles. The third-order valence-corrected chi connectivity index (χ3v) is 3.20. The zero-order chi connectivity index (χ0) is 11.0. The number of piperazine rings is 1. The van der Waals surface area contributed by atoms with E-state index in [9.17, 15) is 9.59 Å². The predicted octanol–water partition coefficient (Wildman–Crippen LogP) is -0.833. The van der Waals surface area contributed by atoms with E-state index in [-0.39, 0.29) is 17.9 Å². The minimum absolute atomic E-state index is 0.00556. The lowest BCUT2D eigenvalue weighted by Gasteiger charge is -2.38. The quantitative estimate of drug-likeness (QED) is 0.615. The number of rotatable bonds is 1. The highest BCUT2D eigenvalue weighted by Gasteiger charge is 2.37. The van der Waals surface area contributed by atoms with Gasteiger partial charge in [-0.25, -0.2) is 0 Å². The molecule has 2 heterocycles. The van der Waals surface area contributed by atoms with Crippen LogP contribution in [0.15, 0.2) is 0 Å². The number of hydrogen-bond acceptors (Lipinski definition) is 3. The molecule has 2 N–H and O–H groups in total. The van der Waals surface area contributed by atoms with Crippen LogP contribution < -0.4 is 5.73 Å². The van der Waals surface area contributed by atoms with Gasteiger partial charge in [0.05, 0.1) is 6.04 Å². The minimum atomic E-state index is -0.436. The number of fused-ring (bicyclic) bond motifs is 1. The molecule has 2 aliphatic rings. The summed E-state index contributed by atoms with van der Waals surface area (Å²) in [5, 5.41) is 0. The number of amides is 2. The highest BCUT2D eigenvalue weighted by Crippen LogP contribution is 2.22. The summed E-state index contributed by atoms with van der Waals surface area (Å²) in [6, 6.07) is -0.206. The molecule has 0 bridgehead atoms. The Hall–Kier alpha value is -1.10. The van der Waals surface area contributed by atoms with Crippen LogP contribution in [0.25, 0.3) is 0 Å². The molecule has 0 saturated carbocycles. The zero-order valence-electron chi connectivity index (χ0n) is 8.98. The van der Waals surface area contributed by atoms with Crippen molar-refractivity contribution in [2.45, 2.75) is 31.8 Å². The molecule has 0 radical (unpaired) electrons. The summed E-state index contributed by atoms with van der Waals surface area (Å²) in [6.07, 6.45) is 1.51. The normalized spacial score (nSPS) is 27.9. The number of hydrogen-bond donors (Lipinski definition) is 1. The lowest BCUT2D eigenvalue weighted by molar-refractivity contribution is -0.139. The van der Waals surface area contributed by atoms with E-state index in [2.05, 4.69) is 0 Å². The van der Waals surface area contributed by atoms with E-state index in [0.29, 0.717) is 26.1 Å². The number of nitrogens with two attached hydrogens (primary N) is 1. The maximum Gasteiger partial charge on any atom is 0.239 e. The summed E-state index contributed by atoms with van der Waals surface area (Å²) in [7, 11) is 0. The second-order valence-electron chi connectivity index (χ2n) is 4.35. The summed E-state index contributed by atoms with van der Waals surface area (Å²) < 4.78 is 0. The molecule has 2 unspecified atom stereocenters. The Morgan fingerprint density at radius 1 is 1.53 bits per heavy atom. The van der Waals surface area contributed by atoms with Crippen LogP contribution in [0.1, 0.15) is 19.8 Å². The van der Waals surface area contributed by atoms with Gasteiger partial charge in [0.15, 0.2) is 0 Å². The van der Waals surface area contributed by atoms with Crippen molar-refractivity contribution in [3.8, 4) is 0 Å². The van der Waals surface area contributed by atoms with Crippen molar-refractivity contribution in [2.75, 3.05) is 19.6 Å². The summed E-state index contributed by atoms with van der Waals surface area (Å²) in [5.74, 6) is 0.224. The van der Waals surface area contributed by atoms with Gasteiger partial charge in [-0.2, -0.15) is 0 Å². The van der Waals surface area contributed by atoms with E-state index in [1.807, 2.05) is 4.90 Å². The van der Waals surface area contributed by atoms with Crippen molar-refractivity contribution in [3.63, 3.8) is 0 Å². The Labute approximate surface area is 89.2 Å². The Morgan fingerprint density at radius 3 is 2.93 bits per heavy atom. The number of nitrogens with zero attached hydrogens (tertiary/aromatic N) is 2. The fraction of sp³-hybridized carbons (Fsp3) is 0.800. The first-order chi connectivity index (χ1) is 7.09. The Kier molecular flexibility index (Phi) is 2.65. The van der Waals surface area contributed by atoms with Gasteiger partial charge in [-0.3, -0.25) is 9.59 Å². The van der Waals surface area contributed by atoms with Gasteiger partial charge in [0.2, 0.25) is 11.8 Å². The van der Waals surface area contributed by atoms with Crippen molar-refractivity contribution < 1.29 is 9.59 Å². The highest BCUT2D eigenvalue weighted by molar-refractivity contribution is 5.83. The maximum atomic E-state index is 11.7. The van der Waals surface area contributed by atoms with Crippen LogP contribution in [0.5, 0.6) is 0 Å². The molecule has 2 atom stereocenters. The predicted molar refractivity (Wildman–Crippen MR) is 55.0 cm³/mol. The van der Waals surface area contributed by atoms with Gasteiger partial charge in [0, 0.05) is 32.1 Å². The molecule has 2 amide bonds. The smallest absolute Gasteiger partial charge is 0.239 e. The minimum Gasteiger partial charge on any atom is -0.338 e. The molecule has 2 rings (SSSR count). The van der Waals surface area contributed by atoms with Gasteiger partial charge >= 0.3 is 0 Å². The second kappa shape index (κ2) is 3.81. The first-order valence-corrected chi connectivity index (χ1v) is 5.43. The molecule has 0 aromatic heterocycles. The van der Waals surface area contributed by atoms with E-state index < -0.39 is 6.04 Å². The molecule has 2 fully saturated rings. The fourth-order valence-electron chi connectivity index (χ4n) is 2.35. The zero-order valence-corrected chi connectivity index (χ0v) is 8.98. The van der Waals surface area contributed by atoms with Crippen molar-refractivity contribution in [2.24, 2.45) is 5.73 Å². The number of carbonyl (C=O) groups excluding carboxylic acids is 2. The van der Waals surface area contributed by atoms with Crippen molar-refractivity contribution in [1.29, 1.82) is 0 Å². The molecule has 2 saturated heterocycles. The highest BCUT2D eigenvalue weighted by atomic mass is 16.2. The third kappa shape index (κ3) is 1.84. The molecule has 5 nitrogen and oxygen atoms in total. The van der Waals surface area contributed by atoms with E-state index in [1.165, 1.54) is 0 Å².